The third kappa shape index (κ3) is 5.56. The monoisotopic (exact) mass is 250 g/mol. The maximum absolute atomic E-state index is 6.24. The van der Waals surface area contributed by atoms with E-state index in [0.29, 0.717) is 6.42 Å². The molecule has 1 atom stereocenters. The molecule has 0 spiro atoms. The summed E-state index contributed by atoms with van der Waals surface area (Å²) >= 11 is 0. The summed E-state index contributed by atoms with van der Waals surface area (Å²) in [5.41, 5.74) is -0.262. The topological polar surface area (TPSA) is 9.23 Å². The van der Waals surface area contributed by atoms with E-state index in [1.165, 1.54) is 25.7 Å². The largest absolute Gasteiger partial charge is 0.408 e. The molecule has 1 aliphatic carbocycles. The van der Waals surface area contributed by atoms with Gasteiger partial charge in [-0.05, 0) is 45.3 Å². The van der Waals surface area contributed by atoms with Crippen molar-refractivity contribution in [3.05, 3.63) is 12.2 Å². The summed E-state index contributed by atoms with van der Waals surface area (Å²) in [5.74, 6) is 3.50. The van der Waals surface area contributed by atoms with E-state index in [2.05, 4.69) is 44.6 Å². The lowest BCUT2D eigenvalue weighted by molar-refractivity contribution is 0.137. The van der Waals surface area contributed by atoms with Gasteiger partial charge >= 0.3 is 0 Å². The average molecular weight is 250 g/mol. The number of rotatable bonds is 5. The normalized spacial score (nSPS) is 21.6. The average Bonchev–Trinajstić information content (AvgIpc) is 2.64. The van der Waals surface area contributed by atoms with Gasteiger partial charge in [0.25, 0.3) is 0 Å². The van der Waals surface area contributed by atoms with E-state index in [0.717, 1.165) is 5.92 Å². The van der Waals surface area contributed by atoms with E-state index >= 15 is 0 Å². The van der Waals surface area contributed by atoms with Gasteiger partial charge in [0, 0.05) is 6.42 Å². The molecule has 1 rings (SSSR count). The standard InChI is InChI=1S/C15H26OSi/c1-6-12-15(2,16-17(3,4)5)13-11-14-9-7-8-10-14/h1,11,13-14H,7-10,12H2,2-5H3/b13-11+/t15-/m0/s1. The molecule has 0 aromatic heterocycles. The molecule has 0 heterocycles. The van der Waals surface area contributed by atoms with Gasteiger partial charge in [-0.1, -0.05) is 25.0 Å². The maximum Gasteiger partial charge on any atom is 0.184 e. The molecule has 17 heavy (non-hydrogen) atoms. The van der Waals surface area contributed by atoms with Crippen LogP contribution in [-0.4, -0.2) is 13.9 Å². The second kappa shape index (κ2) is 5.89. The Morgan fingerprint density at radius 2 is 1.94 bits per heavy atom. The molecular weight excluding hydrogens is 224 g/mol. The molecule has 96 valence electrons. The van der Waals surface area contributed by atoms with Crippen molar-refractivity contribution in [3.63, 3.8) is 0 Å². The molecule has 0 aliphatic heterocycles. The Hall–Kier alpha value is -0.523. The highest BCUT2D eigenvalue weighted by Gasteiger charge is 2.29. The molecule has 1 saturated carbocycles. The zero-order chi connectivity index (χ0) is 12.9. The molecule has 0 radical (unpaired) electrons. The van der Waals surface area contributed by atoms with Gasteiger partial charge in [0.1, 0.15) is 0 Å². The molecule has 1 aliphatic rings. The van der Waals surface area contributed by atoms with E-state index in [1.807, 2.05) is 0 Å². The third-order valence-electron chi connectivity index (χ3n) is 3.11. The Morgan fingerprint density at radius 3 is 2.41 bits per heavy atom. The third-order valence-corrected chi connectivity index (χ3v) is 4.19. The van der Waals surface area contributed by atoms with Gasteiger partial charge in [-0.3, -0.25) is 0 Å². The van der Waals surface area contributed by atoms with Gasteiger partial charge in [0.05, 0.1) is 5.60 Å². The summed E-state index contributed by atoms with van der Waals surface area (Å²) in [4.78, 5) is 0. The van der Waals surface area contributed by atoms with Crippen molar-refractivity contribution >= 4 is 8.32 Å². The lowest BCUT2D eigenvalue weighted by Gasteiger charge is -2.32. The molecule has 0 bridgehead atoms. The van der Waals surface area contributed by atoms with E-state index in [-0.39, 0.29) is 5.60 Å². The van der Waals surface area contributed by atoms with E-state index < -0.39 is 8.32 Å². The van der Waals surface area contributed by atoms with E-state index in [9.17, 15) is 0 Å². The molecular formula is C15H26OSi. The van der Waals surface area contributed by atoms with Crippen LogP contribution in [0.1, 0.15) is 39.0 Å². The second-order valence-electron chi connectivity index (χ2n) is 6.31. The van der Waals surface area contributed by atoms with Gasteiger partial charge in [-0.2, -0.15) is 0 Å². The molecule has 0 amide bonds. The van der Waals surface area contributed by atoms with Gasteiger partial charge in [-0.25, -0.2) is 0 Å². The van der Waals surface area contributed by atoms with E-state index in [1.54, 1.807) is 0 Å². The second-order valence-corrected chi connectivity index (χ2v) is 10.7. The van der Waals surface area contributed by atoms with Crippen LogP contribution in [0, 0.1) is 18.3 Å². The minimum atomic E-state index is -1.55. The van der Waals surface area contributed by atoms with Gasteiger partial charge in [-0.15, -0.1) is 12.3 Å². The number of allylic oxidation sites excluding steroid dienone is 1. The number of hydrogen-bond donors (Lipinski definition) is 0. The Bertz CT molecular complexity index is 302. The fourth-order valence-electron chi connectivity index (χ4n) is 2.52. The fourth-order valence-corrected chi connectivity index (χ4v) is 4.06. The maximum atomic E-state index is 6.24. The number of terminal acetylenes is 1. The van der Waals surface area contributed by atoms with Crippen molar-refractivity contribution in [1.29, 1.82) is 0 Å². The molecule has 0 N–H and O–H groups in total. The van der Waals surface area contributed by atoms with Crippen molar-refractivity contribution in [1.82, 2.24) is 0 Å². The molecule has 0 unspecified atom stereocenters. The predicted octanol–water partition coefficient (Wildman–Crippen LogP) is 4.37. The summed E-state index contributed by atoms with van der Waals surface area (Å²) in [6, 6.07) is 0. The van der Waals surface area contributed by atoms with Crippen LogP contribution in [0.5, 0.6) is 0 Å². The highest BCUT2D eigenvalue weighted by Crippen LogP contribution is 2.29. The summed E-state index contributed by atoms with van der Waals surface area (Å²) in [6.45, 7) is 8.76. The summed E-state index contributed by atoms with van der Waals surface area (Å²) in [6.07, 6.45) is 16.1. The molecule has 0 aromatic rings. The van der Waals surface area contributed by atoms with Gasteiger partial charge in [0.15, 0.2) is 8.32 Å². The molecule has 1 nitrogen and oxygen atoms in total. The Kier molecular flexibility index (Phi) is 5.03. The first kappa shape index (κ1) is 14.5. The van der Waals surface area contributed by atoms with Crippen molar-refractivity contribution in [3.8, 4) is 12.3 Å². The highest BCUT2D eigenvalue weighted by molar-refractivity contribution is 6.69. The minimum Gasteiger partial charge on any atom is -0.408 e. The lowest BCUT2D eigenvalue weighted by Crippen LogP contribution is -2.39. The van der Waals surface area contributed by atoms with Crippen LogP contribution in [0.15, 0.2) is 12.2 Å². The van der Waals surface area contributed by atoms with Crippen LogP contribution in [0.4, 0.5) is 0 Å². The van der Waals surface area contributed by atoms with Crippen molar-refractivity contribution in [2.24, 2.45) is 5.92 Å². The van der Waals surface area contributed by atoms with Crippen LogP contribution in [0.3, 0.4) is 0 Å². The molecule has 0 aromatic carbocycles. The first-order valence-corrected chi connectivity index (χ1v) is 10.1. The van der Waals surface area contributed by atoms with Gasteiger partial charge in [0.2, 0.25) is 0 Å². The van der Waals surface area contributed by atoms with Crippen LogP contribution >= 0.6 is 0 Å². The lowest BCUT2D eigenvalue weighted by atomic mass is 9.98. The minimum absolute atomic E-state index is 0.262. The quantitative estimate of drug-likeness (QED) is 0.400. The number of hydrogen-bond acceptors (Lipinski definition) is 1. The Morgan fingerprint density at radius 1 is 1.35 bits per heavy atom. The first-order valence-electron chi connectivity index (χ1n) is 6.68. The smallest absolute Gasteiger partial charge is 0.184 e. The SMILES string of the molecule is C#CC[C@@](C)(/C=C/C1CCCC1)O[Si](C)(C)C. The van der Waals surface area contributed by atoms with Crippen LogP contribution in [0.2, 0.25) is 19.6 Å². The van der Waals surface area contributed by atoms with Crippen molar-refractivity contribution in [2.45, 2.75) is 64.3 Å². The summed E-state index contributed by atoms with van der Waals surface area (Å²) in [7, 11) is -1.55. The highest BCUT2D eigenvalue weighted by atomic mass is 28.4. The van der Waals surface area contributed by atoms with Crippen molar-refractivity contribution in [2.75, 3.05) is 0 Å². The zero-order valence-corrected chi connectivity index (χ0v) is 12.8. The summed E-state index contributed by atoms with van der Waals surface area (Å²) < 4.78 is 6.24. The molecule has 1 fully saturated rings. The van der Waals surface area contributed by atoms with Crippen LogP contribution in [-0.2, 0) is 4.43 Å². The van der Waals surface area contributed by atoms with E-state index in [4.69, 9.17) is 10.8 Å². The zero-order valence-electron chi connectivity index (χ0n) is 11.8. The summed E-state index contributed by atoms with van der Waals surface area (Å²) in [5, 5.41) is 0. The molecule has 0 saturated heterocycles. The van der Waals surface area contributed by atoms with Crippen molar-refractivity contribution < 1.29 is 4.43 Å². The Labute approximate surface area is 108 Å². The molecule has 2 heteroatoms. The first-order chi connectivity index (χ1) is 7.85. The van der Waals surface area contributed by atoms with Crippen LogP contribution in [0.25, 0.3) is 0 Å². The Balaban J connectivity index is 2.66. The fraction of sp³-hybridized carbons (Fsp3) is 0.733. The van der Waals surface area contributed by atoms with Crippen LogP contribution < -0.4 is 0 Å². The predicted molar refractivity (Wildman–Crippen MR) is 77.4 cm³/mol. The van der Waals surface area contributed by atoms with Gasteiger partial charge < -0.3 is 4.43 Å².